The van der Waals surface area contributed by atoms with Crippen LogP contribution in [0.3, 0.4) is 0 Å². The molecule has 1 heterocycles. The monoisotopic (exact) mass is 262 g/mol. The lowest BCUT2D eigenvalue weighted by Crippen LogP contribution is -2.36. The van der Waals surface area contributed by atoms with Gasteiger partial charge in [-0.05, 0) is 19.3 Å². The van der Waals surface area contributed by atoms with Gasteiger partial charge in [0.05, 0.1) is 39.6 Å². The molecule has 5 nitrogen and oxygen atoms in total. The largest absolute Gasteiger partial charge is 0.396 e. The van der Waals surface area contributed by atoms with E-state index in [2.05, 4.69) is 0 Å². The number of ether oxygens (including phenoxy) is 4. The summed E-state index contributed by atoms with van der Waals surface area (Å²) in [5.74, 6) is 0. The molecule has 0 saturated carbocycles. The molecular formula is C13H26O5. The van der Waals surface area contributed by atoms with E-state index in [1.54, 1.807) is 7.11 Å². The van der Waals surface area contributed by atoms with Crippen LogP contribution in [0, 0.1) is 5.41 Å². The molecule has 0 spiro atoms. The Balaban J connectivity index is 1.98. The van der Waals surface area contributed by atoms with Gasteiger partial charge in [-0.25, -0.2) is 0 Å². The SMILES string of the molecule is COCCOCCOCCC1(CO)CCCOC1. The summed E-state index contributed by atoms with van der Waals surface area (Å²) in [6.45, 7) is 4.70. The van der Waals surface area contributed by atoms with Crippen molar-refractivity contribution in [3.8, 4) is 0 Å². The van der Waals surface area contributed by atoms with Crippen molar-refractivity contribution < 1.29 is 24.1 Å². The summed E-state index contributed by atoms with van der Waals surface area (Å²) in [7, 11) is 1.65. The maximum atomic E-state index is 9.47. The summed E-state index contributed by atoms with van der Waals surface area (Å²) >= 11 is 0. The third-order valence-corrected chi connectivity index (χ3v) is 3.32. The van der Waals surface area contributed by atoms with E-state index in [0.29, 0.717) is 39.6 Å². The third-order valence-electron chi connectivity index (χ3n) is 3.32. The van der Waals surface area contributed by atoms with E-state index in [-0.39, 0.29) is 12.0 Å². The Bertz CT molecular complexity index is 192. The van der Waals surface area contributed by atoms with Gasteiger partial charge >= 0.3 is 0 Å². The van der Waals surface area contributed by atoms with Gasteiger partial charge in [0.25, 0.3) is 0 Å². The number of aliphatic hydroxyl groups is 1. The molecule has 1 fully saturated rings. The van der Waals surface area contributed by atoms with E-state index in [1.165, 1.54) is 0 Å². The van der Waals surface area contributed by atoms with Crippen LogP contribution < -0.4 is 0 Å². The molecular weight excluding hydrogens is 236 g/mol. The molecule has 1 aliphatic rings. The average Bonchev–Trinajstić information content (AvgIpc) is 2.43. The van der Waals surface area contributed by atoms with Crippen molar-refractivity contribution in [2.45, 2.75) is 19.3 Å². The van der Waals surface area contributed by atoms with Crippen molar-refractivity contribution in [3.05, 3.63) is 0 Å². The van der Waals surface area contributed by atoms with Gasteiger partial charge in [0.15, 0.2) is 0 Å². The second-order valence-electron chi connectivity index (χ2n) is 4.78. The molecule has 1 atom stereocenters. The molecule has 0 amide bonds. The summed E-state index contributed by atoms with van der Waals surface area (Å²) in [6.07, 6.45) is 2.90. The fourth-order valence-electron chi connectivity index (χ4n) is 2.06. The molecule has 5 heteroatoms. The van der Waals surface area contributed by atoms with Crippen LogP contribution in [-0.2, 0) is 18.9 Å². The van der Waals surface area contributed by atoms with E-state index < -0.39 is 0 Å². The second kappa shape index (κ2) is 9.69. The van der Waals surface area contributed by atoms with Crippen LogP contribution in [0.15, 0.2) is 0 Å². The highest BCUT2D eigenvalue weighted by Gasteiger charge is 2.31. The first-order valence-corrected chi connectivity index (χ1v) is 6.66. The molecule has 1 unspecified atom stereocenters. The van der Waals surface area contributed by atoms with Crippen LogP contribution in [0.25, 0.3) is 0 Å². The highest BCUT2D eigenvalue weighted by molar-refractivity contribution is 4.80. The highest BCUT2D eigenvalue weighted by atomic mass is 16.5. The summed E-state index contributed by atoms with van der Waals surface area (Å²) in [6, 6.07) is 0. The average molecular weight is 262 g/mol. The van der Waals surface area contributed by atoms with Crippen molar-refractivity contribution >= 4 is 0 Å². The number of hydrogen-bond acceptors (Lipinski definition) is 5. The van der Waals surface area contributed by atoms with Gasteiger partial charge in [-0.1, -0.05) is 0 Å². The Morgan fingerprint density at radius 1 is 1.11 bits per heavy atom. The van der Waals surface area contributed by atoms with Crippen LogP contribution in [0.1, 0.15) is 19.3 Å². The molecule has 1 rings (SSSR count). The Labute approximate surface area is 109 Å². The van der Waals surface area contributed by atoms with E-state index in [1.807, 2.05) is 0 Å². The summed E-state index contributed by atoms with van der Waals surface area (Å²) in [5.41, 5.74) is -0.0881. The normalized spacial score (nSPS) is 24.3. The van der Waals surface area contributed by atoms with Gasteiger partial charge in [0, 0.05) is 25.7 Å². The summed E-state index contributed by atoms with van der Waals surface area (Å²) in [4.78, 5) is 0. The fraction of sp³-hybridized carbons (Fsp3) is 1.00. The summed E-state index contributed by atoms with van der Waals surface area (Å²) < 4.78 is 21.1. The smallest absolute Gasteiger partial charge is 0.0701 e. The van der Waals surface area contributed by atoms with E-state index in [0.717, 1.165) is 25.9 Å². The zero-order valence-corrected chi connectivity index (χ0v) is 11.4. The number of methoxy groups -OCH3 is 1. The Morgan fingerprint density at radius 2 is 1.83 bits per heavy atom. The minimum atomic E-state index is -0.0881. The third kappa shape index (κ3) is 6.11. The van der Waals surface area contributed by atoms with Gasteiger partial charge in [-0.15, -0.1) is 0 Å². The van der Waals surface area contributed by atoms with Crippen molar-refractivity contribution in [2.24, 2.45) is 5.41 Å². The lowest BCUT2D eigenvalue weighted by atomic mass is 9.80. The molecule has 0 aliphatic carbocycles. The number of hydrogen-bond donors (Lipinski definition) is 1. The van der Waals surface area contributed by atoms with Gasteiger partial charge in [0.1, 0.15) is 0 Å². The van der Waals surface area contributed by atoms with Crippen molar-refractivity contribution in [2.75, 3.05) is 60.0 Å². The maximum absolute atomic E-state index is 9.47. The van der Waals surface area contributed by atoms with Crippen molar-refractivity contribution in [3.63, 3.8) is 0 Å². The second-order valence-corrected chi connectivity index (χ2v) is 4.78. The molecule has 0 aromatic rings. The first-order chi connectivity index (χ1) is 8.83. The molecule has 0 aromatic carbocycles. The number of aliphatic hydroxyl groups excluding tert-OH is 1. The Hall–Kier alpha value is -0.200. The highest BCUT2D eigenvalue weighted by Crippen LogP contribution is 2.31. The van der Waals surface area contributed by atoms with Crippen molar-refractivity contribution in [1.29, 1.82) is 0 Å². The van der Waals surface area contributed by atoms with Crippen LogP contribution in [0.4, 0.5) is 0 Å². The van der Waals surface area contributed by atoms with Gasteiger partial charge in [-0.2, -0.15) is 0 Å². The molecule has 108 valence electrons. The lowest BCUT2D eigenvalue weighted by molar-refractivity contribution is -0.0589. The molecule has 0 aromatic heterocycles. The lowest BCUT2D eigenvalue weighted by Gasteiger charge is -2.35. The zero-order valence-electron chi connectivity index (χ0n) is 11.4. The van der Waals surface area contributed by atoms with Crippen LogP contribution >= 0.6 is 0 Å². The quantitative estimate of drug-likeness (QED) is 0.591. The Morgan fingerprint density at radius 3 is 2.44 bits per heavy atom. The van der Waals surface area contributed by atoms with Crippen LogP contribution in [-0.4, -0.2) is 65.1 Å². The Kier molecular flexibility index (Phi) is 8.54. The van der Waals surface area contributed by atoms with Crippen LogP contribution in [0.2, 0.25) is 0 Å². The van der Waals surface area contributed by atoms with Gasteiger partial charge in [-0.3, -0.25) is 0 Å². The first-order valence-electron chi connectivity index (χ1n) is 6.66. The first kappa shape index (κ1) is 15.9. The summed E-state index contributed by atoms with van der Waals surface area (Å²) in [5, 5.41) is 9.47. The zero-order chi connectivity index (χ0) is 13.1. The minimum Gasteiger partial charge on any atom is -0.396 e. The maximum Gasteiger partial charge on any atom is 0.0701 e. The topological polar surface area (TPSA) is 57.2 Å². The molecule has 18 heavy (non-hydrogen) atoms. The van der Waals surface area contributed by atoms with E-state index in [4.69, 9.17) is 18.9 Å². The van der Waals surface area contributed by atoms with Gasteiger partial charge in [0.2, 0.25) is 0 Å². The minimum absolute atomic E-state index is 0.0881. The van der Waals surface area contributed by atoms with Crippen molar-refractivity contribution in [1.82, 2.24) is 0 Å². The van der Waals surface area contributed by atoms with Crippen LogP contribution in [0.5, 0.6) is 0 Å². The fourth-order valence-corrected chi connectivity index (χ4v) is 2.06. The standard InChI is InChI=1S/C13H26O5/c1-15-7-8-17-10-9-16-6-4-13(11-14)3-2-5-18-12-13/h14H,2-12H2,1H3. The predicted molar refractivity (Wildman–Crippen MR) is 67.7 cm³/mol. The molecule has 1 saturated heterocycles. The number of rotatable bonds is 10. The molecule has 0 bridgehead atoms. The molecule has 0 radical (unpaired) electrons. The molecule has 1 N–H and O–H groups in total. The predicted octanol–water partition coefficient (Wildman–Crippen LogP) is 0.845. The van der Waals surface area contributed by atoms with E-state index >= 15 is 0 Å². The molecule has 1 aliphatic heterocycles. The van der Waals surface area contributed by atoms with E-state index in [9.17, 15) is 5.11 Å². The van der Waals surface area contributed by atoms with Gasteiger partial charge < -0.3 is 24.1 Å².